The second kappa shape index (κ2) is 6.33. The summed E-state index contributed by atoms with van der Waals surface area (Å²) in [6.45, 7) is 6.07. The van der Waals surface area contributed by atoms with Gasteiger partial charge < -0.3 is 0 Å². The van der Waals surface area contributed by atoms with Gasteiger partial charge >= 0.3 is 0 Å². The Kier molecular flexibility index (Phi) is 5.83. The number of hydrazone groups is 1. The standard InChI is InChI=1S/C8H16N2/c1-4-5-6-7-9-10-8(2)3/h6-7,9H,4-5H2,1-3H3/b7-6+. The SMILES string of the molecule is CCC/C=C/NN=C(C)C. The van der Waals surface area contributed by atoms with E-state index in [1.165, 1.54) is 6.42 Å². The van der Waals surface area contributed by atoms with Crippen LogP contribution in [0.1, 0.15) is 33.6 Å². The van der Waals surface area contributed by atoms with Crippen LogP contribution >= 0.6 is 0 Å². The van der Waals surface area contributed by atoms with E-state index >= 15 is 0 Å². The summed E-state index contributed by atoms with van der Waals surface area (Å²) in [4.78, 5) is 0. The lowest BCUT2D eigenvalue weighted by Crippen LogP contribution is -1.96. The van der Waals surface area contributed by atoms with Crippen molar-refractivity contribution >= 4 is 5.71 Å². The van der Waals surface area contributed by atoms with Crippen LogP contribution in [0.2, 0.25) is 0 Å². The van der Waals surface area contributed by atoms with E-state index in [0.29, 0.717) is 0 Å². The van der Waals surface area contributed by atoms with E-state index in [0.717, 1.165) is 12.1 Å². The Bertz CT molecular complexity index is 121. The molecule has 10 heavy (non-hydrogen) atoms. The van der Waals surface area contributed by atoms with E-state index in [1.807, 2.05) is 20.0 Å². The maximum absolute atomic E-state index is 3.98. The van der Waals surface area contributed by atoms with Crippen molar-refractivity contribution in [2.45, 2.75) is 33.6 Å². The summed E-state index contributed by atoms with van der Waals surface area (Å²) in [5, 5.41) is 3.98. The molecule has 0 aliphatic heterocycles. The number of allylic oxidation sites excluding steroid dienone is 1. The molecule has 0 heterocycles. The second-order valence-corrected chi connectivity index (χ2v) is 2.38. The molecule has 2 heteroatoms. The third-order valence-electron chi connectivity index (χ3n) is 0.936. The summed E-state index contributed by atoms with van der Waals surface area (Å²) in [6.07, 6.45) is 6.25. The van der Waals surface area contributed by atoms with Crippen molar-refractivity contribution in [3.05, 3.63) is 12.3 Å². The molecule has 0 radical (unpaired) electrons. The first-order valence-corrected chi connectivity index (χ1v) is 3.68. The zero-order chi connectivity index (χ0) is 7.82. The van der Waals surface area contributed by atoms with Gasteiger partial charge in [-0.3, -0.25) is 5.43 Å². The smallest absolute Gasteiger partial charge is 0.0320 e. The van der Waals surface area contributed by atoms with E-state index in [9.17, 15) is 0 Å². The molecule has 0 aliphatic rings. The first kappa shape index (κ1) is 9.21. The van der Waals surface area contributed by atoms with Crippen LogP contribution in [0.25, 0.3) is 0 Å². The molecule has 0 spiro atoms. The molecule has 58 valence electrons. The highest BCUT2D eigenvalue weighted by molar-refractivity contribution is 5.78. The van der Waals surface area contributed by atoms with Crippen LogP contribution in [0, 0.1) is 0 Å². The average molecular weight is 140 g/mol. The molecule has 0 aliphatic carbocycles. The lowest BCUT2D eigenvalue weighted by Gasteiger charge is -1.90. The van der Waals surface area contributed by atoms with Gasteiger partial charge in [-0.25, -0.2) is 0 Å². The number of unbranched alkanes of at least 4 members (excludes halogenated alkanes) is 1. The molecule has 0 unspecified atom stereocenters. The Balaban J connectivity index is 3.27. The summed E-state index contributed by atoms with van der Waals surface area (Å²) >= 11 is 0. The maximum atomic E-state index is 3.98. The van der Waals surface area contributed by atoms with Crippen LogP contribution in [0.5, 0.6) is 0 Å². The summed E-state index contributed by atoms with van der Waals surface area (Å²) in [5.41, 5.74) is 3.87. The van der Waals surface area contributed by atoms with Gasteiger partial charge in [0.15, 0.2) is 0 Å². The first-order chi connectivity index (χ1) is 4.77. The van der Waals surface area contributed by atoms with Crippen molar-refractivity contribution in [2.24, 2.45) is 5.10 Å². The lowest BCUT2D eigenvalue weighted by atomic mass is 10.3. The molecule has 0 saturated carbocycles. The minimum absolute atomic E-state index is 1.04. The normalized spacial score (nSPS) is 9.90. The first-order valence-electron chi connectivity index (χ1n) is 3.68. The van der Waals surface area contributed by atoms with E-state index in [-0.39, 0.29) is 0 Å². The molecule has 2 nitrogen and oxygen atoms in total. The van der Waals surface area contributed by atoms with Gasteiger partial charge in [-0.05, 0) is 20.3 Å². The van der Waals surface area contributed by atoms with Crippen LogP contribution in [-0.2, 0) is 0 Å². The highest BCUT2D eigenvalue weighted by Crippen LogP contribution is 1.85. The topological polar surface area (TPSA) is 24.4 Å². The third-order valence-corrected chi connectivity index (χ3v) is 0.936. The predicted octanol–water partition coefficient (Wildman–Crippen LogP) is 2.29. The summed E-state index contributed by atoms with van der Waals surface area (Å²) in [7, 11) is 0. The molecule has 0 amide bonds. The van der Waals surface area contributed by atoms with Crippen LogP contribution in [-0.4, -0.2) is 5.71 Å². The van der Waals surface area contributed by atoms with Crippen LogP contribution in [0.3, 0.4) is 0 Å². The van der Waals surface area contributed by atoms with Gasteiger partial charge in [0.1, 0.15) is 0 Å². The highest BCUT2D eigenvalue weighted by atomic mass is 15.3. The van der Waals surface area contributed by atoms with Gasteiger partial charge in [-0.2, -0.15) is 5.10 Å². The lowest BCUT2D eigenvalue weighted by molar-refractivity contribution is 0.914. The Labute approximate surface area is 63.0 Å². The van der Waals surface area contributed by atoms with E-state index in [4.69, 9.17) is 0 Å². The number of hydrogen-bond acceptors (Lipinski definition) is 2. The quantitative estimate of drug-likeness (QED) is 0.470. The van der Waals surface area contributed by atoms with Crippen molar-refractivity contribution in [1.82, 2.24) is 5.43 Å². The summed E-state index contributed by atoms with van der Waals surface area (Å²) in [6, 6.07) is 0. The van der Waals surface area contributed by atoms with Crippen molar-refractivity contribution in [2.75, 3.05) is 0 Å². The van der Waals surface area contributed by atoms with Crippen molar-refractivity contribution in [3.63, 3.8) is 0 Å². The molecule has 0 aromatic carbocycles. The van der Waals surface area contributed by atoms with Crippen LogP contribution in [0.15, 0.2) is 17.4 Å². The van der Waals surface area contributed by atoms with Crippen molar-refractivity contribution in [1.29, 1.82) is 0 Å². The van der Waals surface area contributed by atoms with Gasteiger partial charge in [-0.1, -0.05) is 19.4 Å². The second-order valence-electron chi connectivity index (χ2n) is 2.38. The largest absolute Gasteiger partial charge is 0.286 e. The number of hydrogen-bond donors (Lipinski definition) is 1. The van der Waals surface area contributed by atoms with Gasteiger partial charge in [-0.15, -0.1) is 0 Å². The Morgan fingerprint density at radius 1 is 1.50 bits per heavy atom. The number of nitrogens with zero attached hydrogens (tertiary/aromatic N) is 1. The molecule has 0 rings (SSSR count). The van der Waals surface area contributed by atoms with Crippen molar-refractivity contribution < 1.29 is 0 Å². The molecule has 0 bridgehead atoms. The third kappa shape index (κ3) is 7.21. The van der Waals surface area contributed by atoms with Crippen molar-refractivity contribution in [3.8, 4) is 0 Å². The highest BCUT2D eigenvalue weighted by Gasteiger charge is 1.73. The number of rotatable bonds is 4. The van der Waals surface area contributed by atoms with Gasteiger partial charge in [0.2, 0.25) is 0 Å². The Morgan fingerprint density at radius 2 is 2.20 bits per heavy atom. The van der Waals surface area contributed by atoms with E-state index in [1.54, 1.807) is 0 Å². The Hall–Kier alpha value is -0.790. The molecule has 1 N–H and O–H groups in total. The minimum atomic E-state index is 1.04. The molecule has 0 aromatic heterocycles. The van der Waals surface area contributed by atoms with Gasteiger partial charge in [0, 0.05) is 11.9 Å². The molecule has 0 saturated heterocycles. The van der Waals surface area contributed by atoms with Crippen LogP contribution in [0.4, 0.5) is 0 Å². The molecular weight excluding hydrogens is 124 g/mol. The minimum Gasteiger partial charge on any atom is -0.286 e. The number of nitrogens with one attached hydrogen (secondary N) is 1. The summed E-state index contributed by atoms with van der Waals surface area (Å²) < 4.78 is 0. The fourth-order valence-corrected chi connectivity index (χ4v) is 0.469. The van der Waals surface area contributed by atoms with Crippen LogP contribution < -0.4 is 5.43 Å². The predicted molar refractivity (Wildman–Crippen MR) is 46.0 cm³/mol. The van der Waals surface area contributed by atoms with E-state index < -0.39 is 0 Å². The molecular formula is C8H16N2. The molecule has 0 fully saturated rings. The monoisotopic (exact) mass is 140 g/mol. The van der Waals surface area contributed by atoms with E-state index in [2.05, 4.69) is 23.5 Å². The molecule has 0 atom stereocenters. The molecule has 0 aromatic rings. The fourth-order valence-electron chi connectivity index (χ4n) is 0.469. The summed E-state index contributed by atoms with van der Waals surface area (Å²) in [5.74, 6) is 0. The fraction of sp³-hybridized carbons (Fsp3) is 0.625. The maximum Gasteiger partial charge on any atom is 0.0320 e. The zero-order valence-corrected chi connectivity index (χ0v) is 7.02. The zero-order valence-electron chi connectivity index (χ0n) is 7.02. The van der Waals surface area contributed by atoms with Gasteiger partial charge in [0.25, 0.3) is 0 Å². The van der Waals surface area contributed by atoms with Gasteiger partial charge in [0.05, 0.1) is 0 Å². The Morgan fingerprint density at radius 3 is 2.70 bits per heavy atom. The average Bonchev–Trinajstić information content (AvgIpc) is 1.87.